The highest BCUT2D eigenvalue weighted by atomic mass is 19.4. The maximum Gasteiger partial charge on any atom is 0.416 e. The van der Waals surface area contributed by atoms with Crippen LogP contribution in [0.1, 0.15) is 23.6 Å². The molecule has 0 aromatic heterocycles. The van der Waals surface area contributed by atoms with Crippen molar-refractivity contribution in [2.24, 2.45) is 5.92 Å². The van der Waals surface area contributed by atoms with Gasteiger partial charge in [0.1, 0.15) is 5.75 Å². The van der Waals surface area contributed by atoms with Gasteiger partial charge in [-0.05, 0) is 48.4 Å². The van der Waals surface area contributed by atoms with Crippen LogP contribution in [0.15, 0.2) is 48.5 Å². The predicted molar refractivity (Wildman–Crippen MR) is 90.3 cm³/mol. The molecule has 0 unspecified atom stereocenters. The molecule has 0 spiro atoms. The zero-order valence-electron chi connectivity index (χ0n) is 14.0. The molecular formula is C19H18F3NO3. The molecule has 26 heavy (non-hydrogen) atoms. The summed E-state index contributed by atoms with van der Waals surface area (Å²) in [5.74, 6) is -0.964. The van der Waals surface area contributed by atoms with Crippen molar-refractivity contribution in [3.05, 3.63) is 59.7 Å². The van der Waals surface area contributed by atoms with Crippen LogP contribution in [0.25, 0.3) is 0 Å². The minimum atomic E-state index is -4.42. The third-order valence-corrected chi connectivity index (χ3v) is 4.70. The number of alkyl halides is 3. The molecule has 3 rings (SSSR count). The minimum Gasteiger partial charge on any atom is -0.497 e. The summed E-state index contributed by atoms with van der Waals surface area (Å²) >= 11 is 0. The Morgan fingerprint density at radius 2 is 1.73 bits per heavy atom. The Kier molecular flexibility index (Phi) is 4.80. The molecule has 1 N–H and O–H groups in total. The van der Waals surface area contributed by atoms with Gasteiger partial charge in [0.05, 0.1) is 24.6 Å². The highest BCUT2D eigenvalue weighted by Gasteiger charge is 2.40. The monoisotopic (exact) mass is 365 g/mol. The van der Waals surface area contributed by atoms with Crippen LogP contribution in [0.5, 0.6) is 5.75 Å². The van der Waals surface area contributed by atoms with Gasteiger partial charge in [-0.15, -0.1) is 0 Å². The van der Waals surface area contributed by atoms with Gasteiger partial charge in [-0.25, -0.2) is 0 Å². The summed E-state index contributed by atoms with van der Waals surface area (Å²) in [4.78, 5) is 13.6. The molecule has 1 fully saturated rings. The van der Waals surface area contributed by atoms with Crippen molar-refractivity contribution >= 4 is 11.7 Å². The third kappa shape index (κ3) is 3.47. The van der Waals surface area contributed by atoms with Crippen LogP contribution in [0.3, 0.4) is 0 Å². The van der Waals surface area contributed by atoms with Crippen molar-refractivity contribution in [2.45, 2.75) is 18.6 Å². The van der Waals surface area contributed by atoms with E-state index < -0.39 is 29.7 Å². The molecule has 0 amide bonds. The largest absolute Gasteiger partial charge is 0.497 e. The molecule has 2 aromatic carbocycles. The van der Waals surface area contributed by atoms with Gasteiger partial charge in [-0.1, -0.05) is 12.1 Å². The van der Waals surface area contributed by atoms with Gasteiger partial charge in [0, 0.05) is 12.2 Å². The lowest BCUT2D eigenvalue weighted by molar-refractivity contribution is -0.142. The zero-order valence-corrected chi connectivity index (χ0v) is 14.0. The van der Waals surface area contributed by atoms with E-state index in [1.807, 2.05) is 17.0 Å². The average molecular weight is 365 g/mol. The standard InChI is InChI=1S/C19H18F3NO3/c1-26-15-8-6-14(7-9-15)23-11-10-16(18(24)25)17(23)12-2-4-13(5-3-12)19(20,21)22/h2-9,16-17H,10-11H2,1H3,(H,24,25)/t16-,17+/m0/s1. The second kappa shape index (κ2) is 6.90. The Bertz CT molecular complexity index is 772. The van der Waals surface area contributed by atoms with Gasteiger partial charge in [0.2, 0.25) is 0 Å². The molecule has 0 aliphatic carbocycles. The van der Waals surface area contributed by atoms with Gasteiger partial charge < -0.3 is 14.7 Å². The Morgan fingerprint density at radius 3 is 2.23 bits per heavy atom. The summed E-state index contributed by atoms with van der Waals surface area (Å²) in [5, 5.41) is 9.55. The number of halogens is 3. The van der Waals surface area contributed by atoms with Crippen molar-refractivity contribution in [1.82, 2.24) is 0 Å². The number of ether oxygens (including phenoxy) is 1. The first-order chi connectivity index (χ1) is 12.3. The first-order valence-electron chi connectivity index (χ1n) is 8.12. The maximum absolute atomic E-state index is 12.8. The SMILES string of the molecule is COc1ccc(N2CC[C@H](C(=O)O)[C@H]2c2ccc(C(F)(F)F)cc2)cc1. The van der Waals surface area contributed by atoms with E-state index in [9.17, 15) is 23.1 Å². The number of rotatable bonds is 4. The molecule has 4 nitrogen and oxygen atoms in total. The van der Waals surface area contributed by atoms with Crippen LogP contribution >= 0.6 is 0 Å². The molecule has 2 aromatic rings. The van der Waals surface area contributed by atoms with Gasteiger partial charge in [0.25, 0.3) is 0 Å². The fourth-order valence-corrected chi connectivity index (χ4v) is 3.40. The number of carboxylic acids is 1. The summed E-state index contributed by atoms with van der Waals surface area (Å²) in [7, 11) is 1.55. The fraction of sp³-hybridized carbons (Fsp3) is 0.316. The molecule has 1 saturated heterocycles. The van der Waals surface area contributed by atoms with E-state index in [2.05, 4.69) is 0 Å². The molecule has 0 saturated carbocycles. The second-order valence-electron chi connectivity index (χ2n) is 6.19. The molecule has 0 radical (unpaired) electrons. The molecule has 0 bridgehead atoms. The first kappa shape index (κ1) is 18.1. The lowest BCUT2D eigenvalue weighted by atomic mass is 9.93. The summed E-state index contributed by atoms with van der Waals surface area (Å²) in [6, 6.07) is 11.4. The first-order valence-corrected chi connectivity index (χ1v) is 8.12. The number of anilines is 1. The normalized spacial score (nSPS) is 20.2. The lowest BCUT2D eigenvalue weighted by Gasteiger charge is -2.29. The van der Waals surface area contributed by atoms with Crippen molar-refractivity contribution in [1.29, 1.82) is 0 Å². The van der Waals surface area contributed by atoms with Crippen LogP contribution in [-0.4, -0.2) is 24.7 Å². The summed E-state index contributed by atoms with van der Waals surface area (Å²) in [6.45, 7) is 0.509. The molecule has 1 aliphatic heterocycles. The van der Waals surface area contributed by atoms with Gasteiger partial charge >= 0.3 is 12.1 Å². The van der Waals surface area contributed by atoms with Crippen LogP contribution in [-0.2, 0) is 11.0 Å². The van der Waals surface area contributed by atoms with Crippen molar-refractivity contribution in [3.63, 3.8) is 0 Å². The average Bonchev–Trinajstić information content (AvgIpc) is 3.06. The minimum absolute atomic E-state index is 0.424. The predicted octanol–water partition coefficient (Wildman–Crippen LogP) is 4.37. The highest BCUT2D eigenvalue weighted by molar-refractivity contribution is 5.74. The topological polar surface area (TPSA) is 49.8 Å². The number of nitrogens with zero attached hydrogens (tertiary/aromatic N) is 1. The molecular weight excluding hydrogens is 347 g/mol. The Labute approximate surface area is 148 Å². The van der Waals surface area contributed by atoms with Gasteiger partial charge in [0.15, 0.2) is 0 Å². The third-order valence-electron chi connectivity index (χ3n) is 4.70. The van der Waals surface area contributed by atoms with E-state index in [4.69, 9.17) is 4.74 Å². The van der Waals surface area contributed by atoms with Crippen molar-refractivity contribution < 1.29 is 27.8 Å². The van der Waals surface area contributed by atoms with Crippen LogP contribution in [0, 0.1) is 5.92 Å². The Balaban J connectivity index is 1.96. The summed E-state index contributed by atoms with van der Waals surface area (Å²) < 4.78 is 43.5. The molecule has 2 atom stereocenters. The zero-order chi connectivity index (χ0) is 18.9. The van der Waals surface area contributed by atoms with E-state index in [0.29, 0.717) is 24.3 Å². The molecule has 138 valence electrons. The quantitative estimate of drug-likeness (QED) is 0.874. The van der Waals surface area contributed by atoms with Crippen molar-refractivity contribution in [3.8, 4) is 5.75 Å². The van der Waals surface area contributed by atoms with Gasteiger partial charge in [-0.2, -0.15) is 13.2 Å². The van der Waals surface area contributed by atoms with E-state index in [0.717, 1.165) is 17.8 Å². The maximum atomic E-state index is 12.8. The van der Waals surface area contributed by atoms with E-state index in [1.54, 1.807) is 19.2 Å². The molecule has 7 heteroatoms. The highest BCUT2D eigenvalue weighted by Crippen LogP contribution is 2.41. The van der Waals surface area contributed by atoms with E-state index in [1.165, 1.54) is 12.1 Å². The number of carbonyl (C=O) groups is 1. The number of benzene rings is 2. The van der Waals surface area contributed by atoms with Crippen LogP contribution in [0.2, 0.25) is 0 Å². The van der Waals surface area contributed by atoms with E-state index in [-0.39, 0.29) is 0 Å². The van der Waals surface area contributed by atoms with Crippen LogP contribution in [0.4, 0.5) is 18.9 Å². The Morgan fingerprint density at radius 1 is 1.12 bits per heavy atom. The summed E-state index contributed by atoms with van der Waals surface area (Å²) in [5.41, 5.74) is 0.611. The number of hydrogen-bond acceptors (Lipinski definition) is 3. The van der Waals surface area contributed by atoms with Crippen molar-refractivity contribution in [2.75, 3.05) is 18.6 Å². The van der Waals surface area contributed by atoms with Gasteiger partial charge in [-0.3, -0.25) is 4.79 Å². The smallest absolute Gasteiger partial charge is 0.416 e. The number of carboxylic acid groups (broad SMARTS) is 1. The van der Waals surface area contributed by atoms with E-state index >= 15 is 0 Å². The molecule has 1 heterocycles. The lowest BCUT2D eigenvalue weighted by Crippen LogP contribution is -2.28. The molecule has 1 aliphatic rings. The number of hydrogen-bond donors (Lipinski definition) is 1. The van der Waals surface area contributed by atoms with Crippen LogP contribution < -0.4 is 9.64 Å². The number of aliphatic carboxylic acids is 1. The Hall–Kier alpha value is -2.70. The number of methoxy groups -OCH3 is 1. The fourth-order valence-electron chi connectivity index (χ4n) is 3.40. The second-order valence-corrected chi connectivity index (χ2v) is 6.19. The summed E-state index contributed by atoms with van der Waals surface area (Å²) in [6.07, 6.45) is -4.00.